The molecule has 1 aromatic heterocycles. The van der Waals surface area contributed by atoms with Crippen molar-refractivity contribution in [1.29, 1.82) is 0 Å². The van der Waals surface area contributed by atoms with E-state index in [9.17, 15) is 0 Å². The summed E-state index contributed by atoms with van der Waals surface area (Å²) < 4.78 is 3.39. The van der Waals surface area contributed by atoms with Crippen LogP contribution in [0, 0.1) is 13.8 Å². The number of aromatic nitrogens is 2. The number of fused-ring (bicyclic) bond motifs is 1. The van der Waals surface area contributed by atoms with Gasteiger partial charge < -0.3 is 5.73 Å². The van der Waals surface area contributed by atoms with Crippen molar-refractivity contribution < 1.29 is 0 Å². The smallest absolute Gasteiger partial charge is 0.114 e. The number of hydrogen-bond donors (Lipinski definition) is 1. The van der Waals surface area contributed by atoms with Crippen LogP contribution in [0.1, 0.15) is 23.9 Å². The number of aryl methyl sites for hydroxylation is 3. The van der Waals surface area contributed by atoms with E-state index in [-0.39, 0.29) is 0 Å². The number of hydrogen-bond acceptors (Lipinski definition) is 2. The third-order valence-corrected chi connectivity index (χ3v) is 4.99. The number of imidazole rings is 1. The fourth-order valence-corrected chi connectivity index (χ4v) is 2.95. The van der Waals surface area contributed by atoms with E-state index in [1.54, 1.807) is 0 Å². The average Bonchev–Trinajstić information content (AvgIpc) is 2.81. The Morgan fingerprint density at radius 2 is 1.81 bits per heavy atom. The van der Waals surface area contributed by atoms with Crippen molar-refractivity contribution in [1.82, 2.24) is 9.55 Å². The first-order valence-corrected chi connectivity index (χ1v) is 7.84. The summed E-state index contributed by atoms with van der Waals surface area (Å²) in [5.41, 5.74) is 12.3. The maximum atomic E-state index is 5.88. The standard InChI is InChI=1S/C17H18BrN3/c1-4-16-20-14-9-12(19)5-6-15(14)21(16)13-7-10(2)17(18)11(3)8-13/h5-9H,4,19H2,1-3H3. The minimum Gasteiger partial charge on any atom is -0.399 e. The predicted molar refractivity (Wildman–Crippen MR) is 92.0 cm³/mol. The Kier molecular flexibility index (Phi) is 3.49. The summed E-state index contributed by atoms with van der Waals surface area (Å²) in [5, 5.41) is 0. The van der Waals surface area contributed by atoms with Crippen LogP contribution in [0.5, 0.6) is 0 Å². The Morgan fingerprint density at radius 1 is 1.14 bits per heavy atom. The zero-order valence-electron chi connectivity index (χ0n) is 12.4. The molecule has 3 nitrogen and oxygen atoms in total. The molecular formula is C17H18BrN3. The summed E-state index contributed by atoms with van der Waals surface area (Å²) in [6.45, 7) is 6.35. The summed E-state index contributed by atoms with van der Waals surface area (Å²) in [4.78, 5) is 4.72. The monoisotopic (exact) mass is 343 g/mol. The lowest BCUT2D eigenvalue weighted by molar-refractivity contribution is 0.906. The fraction of sp³-hybridized carbons (Fsp3) is 0.235. The molecule has 0 atom stereocenters. The van der Waals surface area contributed by atoms with Gasteiger partial charge in [0.05, 0.1) is 11.0 Å². The first-order chi connectivity index (χ1) is 10.0. The molecular weight excluding hydrogens is 326 g/mol. The first kappa shape index (κ1) is 14.1. The molecule has 0 aliphatic rings. The van der Waals surface area contributed by atoms with E-state index < -0.39 is 0 Å². The van der Waals surface area contributed by atoms with Crippen LogP contribution in [-0.4, -0.2) is 9.55 Å². The van der Waals surface area contributed by atoms with Gasteiger partial charge in [-0.2, -0.15) is 0 Å². The lowest BCUT2D eigenvalue weighted by Gasteiger charge is -2.12. The van der Waals surface area contributed by atoms with Crippen molar-refractivity contribution in [2.45, 2.75) is 27.2 Å². The van der Waals surface area contributed by atoms with Crippen LogP contribution >= 0.6 is 15.9 Å². The number of nitrogens with two attached hydrogens (primary N) is 1. The molecule has 108 valence electrons. The molecule has 0 unspecified atom stereocenters. The predicted octanol–water partition coefficient (Wildman–Crippen LogP) is 4.55. The van der Waals surface area contributed by atoms with Crippen LogP contribution in [0.3, 0.4) is 0 Å². The number of anilines is 1. The van der Waals surface area contributed by atoms with E-state index in [2.05, 4.69) is 53.4 Å². The molecule has 3 aromatic rings. The second kappa shape index (κ2) is 5.19. The van der Waals surface area contributed by atoms with Crippen molar-refractivity contribution in [3.05, 3.63) is 51.8 Å². The highest BCUT2D eigenvalue weighted by Crippen LogP contribution is 2.28. The molecule has 0 amide bonds. The maximum absolute atomic E-state index is 5.88. The fourth-order valence-electron chi connectivity index (χ4n) is 2.72. The lowest BCUT2D eigenvalue weighted by Crippen LogP contribution is -2.01. The molecule has 0 spiro atoms. The molecule has 2 N–H and O–H groups in total. The van der Waals surface area contributed by atoms with Crippen molar-refractivity contribution in [3.63, 3.8) is 0 Å². The van der Waals surface area contributed by atoms with Crippen LogP contribution in [0.15, 0.2) is 34.8 Å². The van der Waals surface area contributed by atoms with Crippen molar-refractivity contribution in [2.24, 2.45) is 0 Å². The van der Waals surface area contributed by atoms with Crippen molar-refractivity contribution >= 4 is 32.7 Å². The Morgan fingerprint density at radius 3 is 2.43 bits per heavy atom. The van der Waals surface area contributed by atoms with Gasteiger partial charge in [-0.05, 0) is 55.3 Å². The Bertz CT molecular complexity index is 810. The molecule has 1 heterocycles. The molecule has 0 radical (unpaired) electrons. The molecule has 3 rings (SSSR count). The molecule has 4 heteroatoms. The molecule has 0 fully saturated rings. The molecule has 0 aliphatic carbocycles. The Balaban J connectivity index is 2.33. The van der Waals surface area contributed by atoms with Gasteiger partial charge in [-0.25, -0.2) is 4.98 Å². The third-order valence-electron chi connectivity index (χ3n) is 3.74. The minimum atomic E-state index is 0.748. The van der Waals surface area contributed by atoms with Gasteiger partial charge in [-0.1, -0.05) is 22.9 Å². The van der Waals surface area contributed by atoms with Gasteiger partial charge in [-0.15, -0.1) is 0 Å². The first-order valence-electron chi connectivity index (χ1n) is 7.05. The number of benzene rings is 2. The minimum absolute atomic E-state index is 0.748. The van der Waals surface area contributed by atoms with Gasteiger partial charge in [0.25, 0.3) is 0 Å². The number of rotatable bonds is 2. The zero-order chi connectivity index (χ0) is 15.1. The summed E-state index contributed by atoms with van der Waals surface area (Å²) in [6, 6.07) is 10.3. The van der Waals surface area contributed by atoms with E-state index >= 15 is 0 Å². The molecule has 0 saturated heterocycles. The SMILES string of the molecule is CCc1nc2cc(N)ccc2n1-c1cc(C)c(Br)c(C)c1. The second-order valence-corrected chi connectivity index (χ2v) is 6.15. The van der Waals surface area contributed by atoms with E-state index in [1.165, 1.54) is 11.1 Å². The Labute approximate surface area is 132 Å². The summed E-state index contributed by atoms with van der Waals surface area (Å²) in [5.74, 6) is 1.05. The summed E-state index contributed by atoms with van der Waals surface area (Å²) in [7, 11) is 0. The van der Waals surface area contributed by atoms with Gasteiger partial charge in [0.2, 0.25) is 0 Å². The summed E-state index contributed by atoms with van der Waals surface area (Å²) in [6.07, 6.45) is 0.878. The second-order valence-electron chi connectivity index (χ2n) is 5.36. The van der Waals surface area contributed by atoms with Crippen LogP contribution in [0.4, 0.5) is 5.69 Å². The molecule has 0 bridgehead atoms. The normalized spacial score (nSPS) is 11.2. The van der Waals surface area contributed by atoms with E-state index in [0.29, 0.717) is 0 Å². The molecule has 21 heavy (non-hydrogen) atoms. The topological polar surface area (TPSA) is 43.8 Å². The largest absolute Gasteiger partial charge is 0.399 e. The van der Waals surface area contributed by atoms with E-state index in [4.69, 9.17) is 10.7 Å². The average molecular weight is 344 g/mol. The maximum Gasteiger partial charge on any atom is 0.114 e. The van der Waals surface area contributed by atoms with Crippen LogP contribution in [0.2, 0.25) is 0 Å². The van der Waals surface area contributed by atoms with Gasteiger partial charge in [0.1, 0.15) is 5.82 Å². The van der Waals surface area contributed by atoms with Crippen LogP contribution < -0.4 is 5.73 Å². The van der Waals surface area contributed by atoms with Crippen LogP contribution in [-0.2, 0) is 6.42 Å². The number of nitrogens with zero attached hydrogens (tertiary/aromatic N) is 2. The molecule has 0 aliphatic heterocycles. The van der Waals surface area contributed by atoms with Gasteiger partial charge in [0, 0.05) is 22.3 Å². The van der Waals surface area contributed by atoms with Crippen molar-refractivity contribution in [2.75, 3.05) is 5.73 Å². The number of nitrogen functional groups attached to an aromatic ring is 1. The highest BCUT2D eigenvalue weighted by Gasteiger charge is 2.13. The quantitative estimate of drug-likeness (QED) is 0.693. The highest BCUT2D eigenvalue weighted by molar-refractivity contribution is 9.10. The Hall–Kier alpha value is -1.81. The van der Waals surface area contributed by atoms with Gasteiger partial charge in [-0.3, -0.25) is 4.57 Å². The summed E-state index contributed by atoms with van der Waals surface area (Å²) >= 11 is 3.63. The van der Waals surface area contributed by atoms with E-state index in [0.717, 1.165) is 39.1 Å². The lowest BCUT2D eigenvalue weighted by atomic mass is 10.1. The van der Waals surface area contributed by atoms with Gasteiger partial charge >= 0.3 is 0 Å². The highest BCUT2D eigenvalue weighted by atomic mass is 79.9. The number of halogens is 1. The van der Waals surface area contributed by atoms with E-state index in [1.807, 2.05) is 18.2 Å². The van der Waals surface area contributed by atoms with Crippen LogP contribution in [0.25, 0.3) is 16.7 Å². The third kappa shape index (κ3) is 2.33. The van der Waals surface area contributed by atoms with Gasteiger partial charge in [0.15, 0.2) is 0 Å². The van der Waals surface area contributed by atoms with Crippen molar-refractivity contribution in [3.8, 4) is 5.69 Å². The molecule has 2 aromatic carbocycles. The zero-order valence-corrected chi connectivity index (χ0v) is 14.0. The molecule has 0 saturated carbocycles.